The maximum Gasteiger partial charge on any atom is 0.338 e. The Balaban J connectivity index is 1.83. The van der Waals surface area contributed by atoms with Crippen molar-refractivity contribution in [2.45, 2.75) is 38.5 Å². The van der Waals surface area contributed by atoms with E-state index in [4.69, 9.17) is 4.74 Å². The smallest absolute Gasteiger partial charge is 0.338 e. The molecular weight excluding hydrogens is 392 g/mol. The molecule has 29 heavy (non-hydrogen) atoms. The third-order valence-corrected chi connectivity index (χ3v) is 6.19. The summed E-state index contributed by atoms with van der Waals surface area (Å²) in [6.07, 6.45) is 1.32. The number of benzene rings is 2. The summed E-state index contributed by atoms with van der Waals surface area (Å²) >= 11 is 0. The number of sulfonamides is 1. The number of nitrogens with one attached hydrogen (secondary N) is 1. The van der Waals surface area contributed by atoms with Crippen molar-refractivity contribution in [1.29, 1.82) is 0 Å². The van der Waals surface area contributed by atoms with Gasteiger partial charge < -0.3 is 9.64 Å². The van der Waals surface area contributed by atoms with E-state index >= 15 is 0 Å². The van der Waals surface area contributed by atoms with Gasteiger partial charge in [0, 0.05) is 18.7 Å². The second-order valence-corrected chi connectivity index (χ2v) is 8.64. The number of hydrogen-bond acceptors (Lipinski definition) is 5. The first-order valence-corrected chi connectivity index (χ1v) is 10.9. The molecule has 0 atom stereocenters. The summed E-state index contributed by atoms with van der Waals surface area (Å²) in [7, 11) is -3.83. The molecule has 1 saturated heterocycles. The highest BCUT2D eigenvalue weighted by molar-refractivity contribution is 7.92. The quantitative estimate of drug-likeness (QED) is 0.729. The summed E-state index contributed by atoms with van der Waals surface area (Å²) in [5.41, 5.74) is 2.81. The lowest BCUT2D eigenvalue weighted by Crippen LogP contribution is -2.24. The van der Waals surface area contributed by atoms with E-state index in [0.717, 1.165) is 17.7 Å². The highest BCUT2D eigenvalue weighted by atomic mass is 32.2. The number of aryl methyl sites for hydroxylation is 2. The molecular formula is C21H24N2O5S. The fraction of sp³-hybridized carbons (Fsp3) is 0.333. The summed E-state index contributed by atoms with van der Waals surface area (Å²) in [4.78, 5) is 25.6. The highest BCUT2D eigenvalue weighted by Crippen LogP contribution is 2.28. The number of amides is 1. The van der Waals surface area contributed by atoms with Gasteiger partial charge in [0.05, 0.1) is 22.8 Å². The molecule has 1 fully saturated rings. The number of carbonyl (C=O) groups excluding carboxylic acids is 2. The normalized spacial score (nSPS) is 14.2. The van der Waals surface area contributed by atoms with Gasteiger partial charge in [0.2, 0.25) is 5.91 Å². The number of ether oxygens (including phenoxy) is 1. The summed E-state index contributed by atoms with van der Waals surface area (Å²) in [5.74, 6) is -0.396. The zero-order valence-electron chi connectivity index (χ0n) is 16.7. The number of rotatable bonds is 6. The first kappa shape index (κ1) is 20.9. The summed E-state index contributed by atoms with van der Waals surface area (Å²) in [6, 6.07) is 9.39. The van der Waals surface area contributed by atoms with Crippen LogP contribution in [0.25, 0.3) is 0 Å². The molecule has 1 aliphatic heterocycles. The molecule has 0 radical (unpaired) electrons. The van der Waals surface area contributed by atoms with Gasteiger partial charge in [-0.3, -0.25) is 9.52 Å². The van der Waals surface area contributed by atoms with Gasteiger partial charge in [-0.2, -0.15) is 0 Å². The summed E-state index contributed by atoms with van der Waals surface area (Å²) in [6.45, 7) is 6.15. The molecule has 0 aromatic heterocycles. The third-order valence-electron chi connectivity index (χ3n) is 4.82. The largest absolute Gasteiger partial charge is 0.462 e. The van der Waals surface area contributed by atoms with E-state index in [-0.39, 0.29) is 17.4 Å². The van der Waals surface area contributed by atoms with Crippen LogP contribution >= 0.6 is 0 Å². The first-order valence-electron chi connectivity index (χ1n) is 9.44. The van der Waals surface area contributed by atoms with Gasteiger partial charge in [-0.15, -0.1) is 0 Å². The molecule has 0 unspecified atom stereocenters. The standard InChI is InChI=1S/C21H24N2O5S/c1-4-28-21(25)16-7-9-18(14(2)12-16)22-29(26,27)17-8-10-19(15(3)13-17)23-11-5-6-20(23)24/h7-10,12-13,22H,4-6,11H2,1-3H3. The van der Waals surface area contributed by atoms with E-state index in [0.29, 0.717) is 29.8 Å². The molecule has 0 spiro atoms. The molecule has 3 rings (SSSR count). The van der Waals surface area contributed by atoms with Crippen LogP contribution in [0.2, 0.25) is 0 Å². The second kappa shape index (κ2) is 8.24. The molecule has 154 valence electrons. The Morgan fingerprint density at radius 2 is 1.90 bits per heavy atom. The van der Waals surface area contributed by atoms with Crippen LogP contribution in [0.5, 0.6) is 0 Å². The number of anilines is 2. The van der Waals surface area contributed by atoms with Gasteiger partial charge >= 0.3 is 5.97 Å². The molecule has 0 saturated carbocycles. The monoisotopic (exact) mass is 416 g/mol. The first-order chi connectivity index (χ1) is 13.7. The number of esters is 1. The lowest BCUT2D eigenvalue weighted by molar-refractivity contribution is -0.117. The lowest BCUT2D eigenvalue weighted by Gasteiger charge is -2.19. The van der Waals surface area contributed by atoms with E-state index in [1.165, 1.54) is 12.1 Å². The Morgan fingerprint density at radius 3 is 2.48 bits per heavy atom. The summed E-state index contributed by atoms with van der Waals surface area (Å²) in [5, 5.41) is 0. The van der Waals surface area contributed by atoms with E-state index in [9.17, 15) is 18.0 Å². The molecule has 2 aromatic carbocycles. The van der Waals surface area contributed by atoms with Gasteiger partial charge in [0.25, 0.3) is 10.0 Å². The van der Waals surface area contributed by atoms with Crippen LogP contribution in [0.1, 0.15) is 41.3 Å². The fourth-order valence-corrected chi connectivity index (χ4v) is 4.54. The molecule has 0 aliphatic carbocycles. The van der Waals surface area contributed by atoms with E-state index in [1.807, 2.05) is 0 Å². The second-order valence-electron chi connectivity index (χ2n) is 6.95. The average Bonchev–Trinajstić information content (AvgIpc) is 3.09. The Hall–Kier alpha value is -2.87. The van der Waals surface area contributed by atoms with Crippen LogP contribution in [-0.4, -0.2) is 33.4 Å². The average molecular weight is 416 g/mol. The van der Waals surface area contributed by atoms with Crippen LogP contribution in [0, 0.1) is 13.8 Å². The van der Waals surface area contributed by atoms with Crippen LogP contribution in [0.15, 0.2) is 41.3 Å². The minimum Gasteiger partial charge on any atom is -0.462 e. The molecule has 8 heteroatoms. The molecule has 0 bridgehead atoms. The number of hydrogen-bond donors (Lipinski definition) is 1. The van der Waals surface area contributed by atoms with Crippen molar-refractivity contribution in [3.05, 3.63) is 53.1 Å². The maximum absolute atomic E-state index is 12.8. The van der Waals surface area contributed by atoms with Crippen LogP contribution in [0.3, 0.4) is 0 Å². The van der Waals surface area contributed by atoms with Gasteiger partial charge in [-0.25, -0.2) is 13.2 Å². The number of carbonyl (C=O) groups is 2. The minimum atomic E-state index is -3.83. The van der Waals surface area contributed by atoms with Gasteiger partial charge in [0.15, 0.2) is 0 Å². The van der Waals surface area contributed by atoms with Crippen molar-refractivity contribution < 1.29 is 22.7 Å². The van der Waals surface area contributed by atoms with Crippen molar-refractivity contribution in [2.24, 2.45) is 0 Å². The Kier molecular flexibility index (Phi) is 5.93. The molecule has 7 nitrogen and oxygen atoms in total. The van der Waals surface area contributed by atoms with Gasteiger partial charge in [0.1, 0.15) is 0 Å². The van der Waals surface area contributed by atoms with Gasteiger partial charge in [-0.05, 0) is 74.7 Å². The van der Waals surface area contributed by atoms with E-state index in [1.54, 1.807) is 49.9 Å². The van der Waals surface area contributed by atoms with E-state index < -0.39 is 16.0 Å². The predicted molar refractivity (Wildman–Crippen MR) is 111 cm³/mol. The highest BCUT2D eigenvalue weighted by Gasteiger charge is 2.24. The van der Waals surface area contributed by atoms with Crippen molar-refractivity contribution in [2.75, 3.05) is 22.8 Å². The molecule has 2 aromatic rings. The predicted octanol–water partition coefficient (Wildman–Crippen LogP) is 3.41. The van der Waals surface area contributed by atoms with Crippen LogP contribution in [0.4, 0.5) is 11.4 Å². The zero-order chi connectivity index (χ0) is 21.2. The zero-order valence-corrected chi connectivity index (χ0v) is 17.5. The van der Waals surface area contributed by atoms with Crippen molar-refractivity contribution in [3.63, 3.8) is 0 Å². The molecule has 1 amide bonds. The van der Waals surface area contributed by atoms with Crippen molar-refractivity contribution in [1.82, 2.24) is 0 Å². The molecule has 1 heterocycles. The molecule has 1 aliphatic rings. The lowest BCUT2D eigenvalue weighted by atomic mass is 10.1. The van der Waals surface area contributed by atoms with Crippen LogP contribution in [-0.2, 0) is 19.6 Å². The third kappa shape index (κ3) is 4.42. The molecule has 1 N–H and O–H groups in total. The maximum atomic E-state index is 12.8. The fourth-order valence-electron chi connectivity index (χ4n) is 3.32. The van der Waals surface area contributed by atoms with Crippen LogP contribution < -0.4 is 9.62 Å². The number of nitrogens with zero attached hydrogens (tertiary/aromatic N) is 1. The Bertz CT molecular complexity index is 1060. The topological polar surface area (TPSA) is 92.8 Å². The van der Waals surface area contributed by atoms with Crippen molar-refractivity contribution >= 4 is 33.3 Å². The van der Waals surface area contributed by atoms with Crippen molar-refractivity contribution in [3.8, 4) is 0 Å². The Morgan fingerprint density at radius 1 is 1.14 bits per heavy atom. The SMILES string of the molecule is CCOC(=O)c1ccc(NS(=O)(=O)c2ccc(N3CCCC3=O)c(C)c2)c(C)c1. The van der Waals surface area contributed by atoms with Gasteiger partial charge in [-0.1, -0.05) is 0 Å². The van der Waals surface area contributed by atoms with E-state index in [2.05, 4.69) is 4.72 Å². The minimum absolute atomic E-state index is 0.0548. The Labute approximate surface area is 170 Å². The summed E-state index contributed by atoms with van der Waals surface area (Å²) < 4.78 is 33.2.